The first kappa shape index (κ1) is 16.9. The predicted molar refractivity (Wildman–Crippen MR) is 78.5 cm³/mol. The topological polar surface area (TPSA) is 79.6 Å². The van der Waals surface area contributed by atoms with E-state index < -0.39 is 5.56 Å². The summed E-state index contributed by atoms with van der Waals surface area (Å²) in [5.74, 6) is 0. The zero-order chi connectivity index (χ0) is 15.0. The lowest BCUT2D eigenvalue weighted by Crippen LogP contribution is -2.26. The van der Waals surface area contributed by atoms with Crippen molar-refractivity contribution in [2.24, 2.45) is 0 Å². The molecular formula is C12H21ClN4O3. The number of halogens is 1. The van der Waals surface area contributed by atoms with E-state index in [4.69, 9.17) is 21.4 Å². The minimum Gasteiger partial charge on any atom is -0.394 e. The summed E-state index contributed by atoms with van der Waals surface area (Å²) in [7, 11) is 3.96. The number of aliphatic hydroxyl groups is 1. The quantitative estimate of drug-likeness (QED) is 0.619. The van der Waals surface area contributed by atoms with Gasteiger partial charge in [-0.2, -0.15) is 5.10 Å². The van der Waals surface area contributed by atoms with Gasteiger partial charge in [-0.1, -0.05) is 11.6 Å². The fourth-order valence-electron chi connectivity index (χ4n) is 1.45. The van der Waals surface area contributed by atoms with Gasteiger partial charge in [-0.3, -0.25) is 4.79 Å². The van der Waals surface area contributed by atoms with Gasteiger partial charge in [0.2, 0.25) is 0 Å². The van der Waals surface area contributed by atoms with Gasteiger partial charge in [-0.25, -0.2) is 4.68 Å². The molecule has 0 saturated carbocycles. The highest BCUT2D eigenvalue weighted by molar-refractivity contribution is 6.32. The first-order valence-electron chi connectivity index (χ1n) is 6.39. The first-order valence-corrected chi connectivity index (χ1v) is 6.77. The van der Waals surface area contributed by atoms with Gasteiger partial charge in [-0.05, 0) is 14.1 Å². The van der Waals surface area contributed by atoms with Crippen LogP contribution in [0.1, 0.15) is 0 Å². The van der Waals surface area contributed by atoms with Gasteiger partial charge in [0.05, 0.1) is 38.2 Å². The third-order valence-corrected chi connectivity index (χ3v) is 2.91. The second kappa shape index (κ2) is 8.91. The fraction of sp³-hybridized carbons (Fsp3) is 0.667. The van der Waals surface area contributed by atoms with Gasteiger partial charge < -0.3 is 20.1 Å². The van der Waals surface area contributed by atoms with Crippen LogP contribution in [0.15, 0.2) is 11.0 Å². The minimum atomic E-state index is -0.417. The monoisotopic (exact) mass is 304 g/mol. The molecule has 1 aromatic rings. The summed E-state index contributed by atoms with van der Waals surface area (Å²) in [6.45, 7) is 2.54. The van der Waals surface area contributed by atoms with E-state index in [1.807, 2.05) is 19.0 Å². The Balaban J connectivity index is 2.41. The Hall–Kier alpha value is -1.15. The van der Waals surface area contributed by atoms with Gasteiger partial charge in [0, 0.05) is 13.1 Å². The number of rotatable bonds is 9. The molecule has 7 nitrogen and oxygen atoms in total. The highest BCUT2D eigenvalue weighted by Crippen LogP contribution is 2.14. The second-order valence-electron chi connectivity index (χ2n) is 4.47. The number of nitrogens with zero attached hydrogens (tertiary/aromatic N) is 3. The minimum absolute atomic E-state index is 0.0711. The third kappa shape index (κ3) is 5.46. The number of aliphatic hydroxyl groups excluding tert-OH is 1. The molecule has 2 N–H and O–H groups in total. The molecule has 0 aliphatic heterocycles. The van der Waals surface area contributed by atoms with Crippen molar-refractivity contribution in [3.8, 4) is 0 Å². The zero-order valence-corrected chi connectivity index (χ0v) is 12.6. The van der Waals surface area contributed by atoms with Crippen LogP contribution in [-0.2, 0) is 11.3 Å². The lowest BCUT2D eigenvalue weighted by Gasteiger charge is -2.11. The van der Waals surface area contributed by atoms with Gasteiger partial charge in [-0.15, -0.1) is 0 Å². The van der Waals surface area contributed by atoms with Crippen LogP contribution >= 0.6 is 11.6 Å². The standard InChI is InChI=1S/C12H21ClN4O3/c1-16(2)5-8-20-7-3-14-10-9-15-17(4-6-18)12(19)11(10)13/h9,14,18H,3-8H2,1-2H3. The van der Waals surface area contributed by atoms with Gasteiger partial charge in [0.1, 0.15) is 5.02 Å². The Morgan fingerprint density at radius 3 is 2.90 bits per heavy atom. The Bertz CT molecular complexity index is 465. The van der Waals surface area contributed by atoms with Crippen LogP contribution in [0.25, 0.3) is 0 Å². The molecule has 0 saturated heterocycles. The molecule has 0 unspecified atom stereocenters. The van der Waals surface area contributed by atoms with Crippen LogP contribution in [-0.4, -0.2) is 66.8 Å². The number of likely N-dealkylation sites (N-methyl/N-ethyl adjacent to an activating group) is 1. The molecule has 0 aromatic carbocycles. The highest BCUT2D eigenvalue weighted by atomic mass is 35.5. The number of aromatic nitrogens is 2. The molecule has 0 amide bonds. The normalized spacial score (nSPS) is 11.1. The molecule has 8 heteroatoms. The van der Waals surface area contributed by atoms with Gasteiger partial charge in [0.15, 0.2) is 0 Å². The van der Waals surface area contributed by atoms with Crippen molar-refractivity contribution in [3.63, 3.8) is 0 Å². The molecule has 1 aromatic heterocycles. The highest BCUT2D eigenvalue weighted by Gasteiger charge is 2.08. The van der Waals surface area contributed by atoms with Crippen molar-refractivity contribution in [3.05, 3.63) is 21.6 Å². The molecule has 0 radical (unpaired) electrons. The van der Waals surface area contributed by atoms with Crippen molar-refractivity contribution in [2.45, 2.75) is 6.54 Å². The van der Waals surface area contributed by atoms with E-state index in [-0.39, 0.29) is 18.2 Å². The summed E-state index contributed by atoms with van der Waals surface area (Å²) < 4.78 is 6.54. The molecule has 1 rings (SSSR count). The molecule has 0 bridgehead atoms. The molecular weight excluding hydrogens is 284 g/mol. The number of hydrogen-bond donors (Lipinski definition) is 2. The molecule has 0 atom stereocenters. The van der Waals surface area contributed by atoms with Crippen LogP contribution < -0.4 is 10.9 Å². The maximum atomic E-state index is 11.8. The molecule has 114 valence electrons. The number of nitrogens with one attached hydrogen (secondary N) is 1. The smallest absolute Gasteiger partial charge is 0.287 e. The molecule has 0 aliphatic rings. The molecule has 0 spiro atoms. The average Bonchev–Trinajstić information content (AvgIpc) is 2.41. The zero-order valence-electron chi connectivity index (χ0n) is 11.8. The largest absolute Gasteiger partial charge is 0.394 e. The van der Waals surface area contributed by atoms with Crippen molar-refractivity contribution < 1.29 is 9.84 Å². The third-order valence-electron chi connectivity index (χ3n) is 2.54. The van der Waals surface area contributed by atoms with E-state index in [1.165, 1.54) is 6.20 Å². The van der Waals surface area contributed by atoms with E-state index in [0.29, 0.717) is 25.4 Å². The Labute approximate surface area is 123 Å². The Morgan fingerprint density at radius 2 is 2.25 bits per heavy atom. The SMILES string of the molecule is CN(C)CCOCCNc1cnn(CCO)c(=O)c1Cl. The van der Waals surface area contributed by atoms with Crippen LogP contribution in [0, 0.1) is 0 Å². The summed E-state index contributed by atoms with van der Waals surface area (Å²) in [5, 5.41) is 15.8. The number of anilines is 1. The van der Waals surface area contributed by atoms with E-state index in [1.54, 1.807) is 0 Å². The lowest BCUT2D eigenvalue weighted by molar-refractivity contribution is 0.126. The summed E-state index contributed by atoms with van der Waals surface area (Å²) in [4.78, 5) is 13.8. The maximum Gasteiger partial charge on any atom is 0.287 e. The van der Waals surface area contributed by atoms with E-state index in [9.17, 15) is 4.79 Å². The summed E-state index contributed by atoms with van der Waals surface area (Å²) in [6.07, 6.45) is 1.47. The van der Waals surface area contributed by atoms with Crippen LogP contribution in [0.3, 0.4) is 0 Å². The van der Waals surface area contributed by atoms with Gasteiger partial charge >= 0.3 is 0 Å². The lowest BCUT2D eigenvalue weighted by atomic mass is 10.4. The van der Waals surface area contributed by atoms with E-state index in [0.717, 1.165) is 11.2 Å². The summed E-state index contributed by atoms with van der Waals surface area (Å²) in [5.41, 5.74) is 0.0568. The summed E-state index contributed by atoms with van der Waals surface area (Å²) in [6, 6.07) is 0. The van der Waals surface area contributed by atoms with E-state index >= 15 is 0 Å². The van der Waals surface area contributed by atoms with Crippen molar-refractivity contribution in [1.82, 2.24) is 14.7 Å². The predicted octanol–water partition coefficient (Wildman–Crippen LogP) is -0.121. The van der Waals surface area contributed by atoms with Crippen molar-refractivity contribution >= 4 is 17.3 Å². The van der Waals surface area contributed by atoms with Crippen LogP contribution in [0.2, 0.25) is 5.02 Å². The van der Waals surface area contributed by atoms with Crippen molar-refractivity contribution in [2.75, 3.05) is 52.3 Å². The Morgan fingerprint density at radius 1 is 1.50 bits per heavy atom. The van der Waals surface area contributed by atoms with E-state index in [2.05, 4.69) is 10.4 Å². The first-order chi connectivity index (χ1) is 9.56. The van der Waals surface area contributed by atoms with Crippen molar-refractivity contribution in [1.29, 1.82) is 0 Å². The summed E-state index contributed by atoms with van der Waals surface area (Å²) >= 11 is 5.95. The molecule has 20 heavy (non-hydrogen) atoms. The number of hydrogen-bond acceptors (Lipinski definition) is 6. The molecule has 0 fully saturated rings. The Kier molecular flexibility index (Phi) is 7.53. The maximum absolute atomic E-state index is 11.8. The van der Waals surface area contributed by atoms with Crippen LogP contribution in [0.5, 0.6) is 0 Å². The second-order valence-corrected chi connectivity index (χ2v) is 4.84. The number of ether oxygens (including phenoxy) is 1. The fourth-order valence-corrected chi connectivity index (χ4v) is 1.66. The van der Waals surface area contributed by atoms with Gasteiger partial charge in [0.25, 0.3) is 5.56 Å². The average molecular weight is 305 g/mol. The molecule has 0 aliphatic carbocycles. The molecule has 1 heterocycles. The van der Waals surface area contributed by atoms with Crippen LogP contribution in [0.4, 0.5) is 5.69 Å².